The van der Waals surface area contributed by atoms with Crippen LogP contribution in [0.3, 0.4) is 0 Å². The van der Waals surface area contributed by atoms with Gasteiger partial charge in [0.05, 0.1) is 23.7 Å². The largest absolute Gasteiger partial charge is 0.366 e. The summed E-state index contributed by atoms with van der Waals surface area (Å²) in [6.45, 7) is 2.81. The van der Waals surface area contributed by atoms with E-state index in [-0.39, 0.29) is 5.91 Å². The molecule has 0 bridgehead atoms. The molecule has 0 atom stereocenters. The maximum absolute atomic E-state index is 12.6. The van der Waals surface area contributed by atoms with Gasteiger partial charge in [-0.1, -0.05) is 6.07 Å². The Labute approximate surface area is 162 Å². The van der Waals surface area contributed by atoms with Gasteiger partial charge in [-0.2, -0.15) is 5.10 Å². The molecule has 3 N–H and O–H groups in total. The zero-order valence-electron chi connectivity index (χ0n) is 15.3. The van der Waals surface area contributed by atoms with Crippen LogP contribution in [-0.4, -0.2) is 58.1 Å². The number of hydrogen-bond acceptors (Lipinski definition) is 5. The number of hydrogen-bond donors (Lipinski definition) is 2. The third-order valence-corrected chi connectivity index (χ3v) is 4.95. The highest BCUT2D eigenvalue weighted by molar-refractivity contribution is 6.05. The summed E-state index contributed by atoms with van der Waals surface area (Å²) in [6.07, 6.45) is 5.50. The number of pyridine rings is 1. The van der Waals surface area contributed by atoms with Gasteiger partial charge in [-0.3, -0.25) is 14.7 Å². The Morgan fingerprint density at radius 1 is 1.18 bits per heavy atom. The Kier molecular flexibility index (Phi) is 4.92. The van der Waals surface area contributed by atoms with Crippen LogP contribution in [0.4, 0.5) is 5.82 Å². The molecular weight excluding hydrogens is 356 g/mol. The normalized spacial score (nSPS) is 14.4. The molecule has 1 saturated heterocycles. The lowest BCUT2D eigenvalue weighted by molar-refractivity contribution is -0.127. The van der Waals surface area contributed by atoms with Crippen molar-refractivity contribution in [3.05, 3.63) is 60.3 Å². The minimum absolute atomic E-state index is 0.00594. The molecule has 0 saturated carbocycles. The van der Waals surface area contributed by atoms with Gasteiger partial charge in [0.1, 0.15) is 5.82 Å². The summed E-state index contributed by atoms with van der Waals surface area (Å²) >= 11 is 0. The molecule has 1 radical (unpaired) electrons. The lowest BCUT2D eigenvalue weighted by atomic mass is 10.0. The number of benzene rings is 1. The molecule has 0 aliphatic carbocycles. The van der Waals surface area contributed by atoms with E-state index in [2.05, 4.69) is 20.1 Å². The third-order valence-electron chi connectivity index (χ3n) is 4.95. The molecule has 28 heavy (non-hydrogen) atoms. The number of fused-ring (bicyclic) bond motifs is 1. The molecule has 1 aromatic carbocycles. The molecule has 8 nitrogen and oxygen atoms in total. The van der Waals surface area contributed by atoms with Crippen LogP contribution in [0.1, 0.15) is 15.9 Å². The van der Waals surface area contributed by atoms with Crippen molar-refractivity contribution in [3.63, 3.8) is 0 Å². The number of aromatic nitrogens is 3. The van der Waals surface area contributed by atoms with Gasteiger partial charge >= 0.3 is 0 Å². The maximum atomic E-state index is 12.6. The van der Waals surface area contributed by atoms with Crippen LogP contribution in [0.2, 0.25) is 0 Å². The highest BCUT2D eigenvalue weighted by Gasteiger charge is 2.22. The second-order valence-electron chi connectivity index (χ2n) is 6.75. The summed E-state index contributed by atoms with van der Waals surface area (Å²) in [6, 6.07) is 9.46. The summed E-state index contributed by atoms with van der Waals surface area (Å²) in [4.78, 5) is 32.6. The first-order chi connectivity index (χ1) is 13.6. The number of primary amides is 1. The zero-order chi connectivity index (χ0) is 19.5. The Morgan fingerprint density at radius 3 is 2.71 bits per heavy atom. The van der Waals surface area contributed by atoms with E-state index in [9.17, 15) is 9.59 Å². The van der Waals surface area contributed by atoms with E-state index in [0.717, 1.165) is 29.9 Å². The molecule has 3 heterocycles. The minimum atomic E-state index is -0.520. The van der Waals surface area contributed by atoms with Crippen molar-refractivity contribution < 1.29 is 9.59 Å². The van der Waals surface area contributed by atoms with E-state index in [1.54, 1.807) is 24.9 Å². The van der Waals surface area contributed by atoms with E-state index in [0.29, 0.717) is 30.6 Å². The molecule has 2 amide bonds. The van der Waals surface area contributed by atoms with Gasteiger partial charge in [-0.05, 0) is 36.2 Å². The molecule has 1 fully saturated rings. The Bertz CT molecular complexity index is 992. The summed E-state index contributed by atoms with van der Waals surface area (Å²) in [7, 11) is 0. The van der Waals surface area contributed by atoms with Crippen molar-refractivity contribution in [2.45, 2.75) is 6.42 Å². The first-order valence-electron chi connectivity index (χ1n) is 9.16. The number of nitrogens with zero attached hydrogens (tertiary/aromatic N) is 4. The van der Waals surface area contributed by atoms with Gasteiger partial charge in [0, 0.05) is 37.8 Å². The van der Waals surface area contributed by atoms with Crippen LogP contribution in [0.5, 0.6) is 0 Å². The summed E-state index contributed by atoms with van der Waals surface area (Å²) in [5.74, 6) is 0.410. The highest BCUT2D eigenvalue weighted by Crippen LogP contribution is 2.20. The molecule has 0 unspecified atom stereocenters. The van der Waals surface area contributed by atoms with Gasteiger partial charge in [-0.25, -0.2) is 4.98 Å². The Balaban J connectivity index is 1.36. The first kappa shape index (κ1) is 18.0. The fraction of sp³-hybridized carbons (Fsp3) is 0.250. The highest BCUT2D eigenvalue weighted by atomic mass is 16.2. The van der Waals surface area contributed by atoms with E-state index in [4.69, 9.17) is 5.73 Å². The number of anilines is 1. The molecular formula is C20H21N6O2. The second-order valence-corrected chi connectivity index (χ2v) is 6.75. The Hall–Kier alpha value is -3.42. The van der Waals surface area contributed by atoms with Crippen molar-refractivity contribution in [3.8, 4) is 0 Å². The Morgan fingerprint density at radius 2 is 2.00 bits per heavy atom. The first-order valence-corrected chi connectivity index (χ1v) is 9.16. The van der Waals surface area contributed by atoms with Crippen molar-refractivity contribution in [2.24, 2.45) is 5.73 Å². The van der Waals surface area contributed by atoms with Gasteiger partial charge in [0.15, 0.2) is 0 Å². The van der Waals surface area contributed by atoms with Crippen molar-refractivity contribution in [1.29, 1.82) is 0 Å². The predicted molar refractivity (Wildman–Crippen MR) is 106 cm³/mol. The number of carbonyl (C=O) groups is 2. The van der Waals surface area contributed by atoms with Crippen molar-refractivity contribution in [2.75, 3.05) is 31.1 Å². The fourth-order valence-corrected chi connectivity index (χ4v) is 3.46. The summed E-state index contributed by atoms with van der Waals surface area (Å²) < 4.78 is 0. The molecule has 143 valence electrons. The standard InChI is InChI=1S/C20H21N6O2/c21-20(28)16-12-14(11-15-13-23-24-19(15)16)4-5-18(27)26-9-7-25(8-10-26)17-3-1-2-6-22-17/h1-3,5-6,11-13H,4,7-10H2,(H2,21,28)(H,23,24). The quantitative estimate of drug-likeness (QED) is 0.693. The SMILES string of the molecule is NC(=O)c1cc(C[CH]C(=O)N2CCN(c3ccccn3)CC2)cc2cn[nH]c12. The molecule has 4 rings (SSSR count). The predicted octanol–water partition coefficient (Wildman–Crippen LogP) is 1.15. The third kappa shape index (κ3) is 3.66. The van der Waals surface area contributed by atoms with Crippen LogP contribution in [-0.2, 0) is 11.2 Å². The van der Waals surface area contributed by atoms with E-state index in [1.165, 1.54) is 0 Å². The molecule has 8 heteroatoms. The lowest BCUT2D eigenvalue weighted by Crippen LogP contribution is -2.49. The van der Waals surface area contributed by atoms with Crippen molar-refractivity contribution in [1.82, 2.24) is 20.1 Å². The average molecular weight is 377 g/mol. The average Bonchev–Trinajstić information content (AvgIpc) is 3.20. The molecule has 1 aliphatic rings. The molecule has 1 aliphatic heterocycles. The number of amides is 2. The second kappa shape index (κ2) is 7.67. The summed E-state index contributed by atoms with van der Waals surface area (Å²) in [5.41, 5.74) is 7.31. The number of nitrogens with two attached hydrogens (primary N) is 1. The molecule has 2 aromatic heterocycles. The van der Waals surface area contributed by atoms with Crippen LogP contribution < -0.4 is 10.6 Å². The number of nitrogens with one attached hydrogen (secondary N) is 1. The molecule has 3 aromatic rings. The van der Waals surface area contributed by atoms with Crippen LogP contribution in [0, 0.1) is 6.42 Å². The van der Waals surface area contributed by atoms with Crippen LogP contribution >= 0.6 is 0 Å². The van der Waals surface area contributed by atoms with Crippen molar-refractivity contribution >= 4 is 28.5 Å². The monoisotopic (exact) mass is 377 g/mol. The van der Waals surface area contributed by atoms with E-state index >= 15 is 0 Å². The van der Waals surface area contributed by atoms with Crippen LogP contribution in [0.15, 0.2) is 42.7 Å². The number of carbonyl (C=O) groups excluding carboxylic acids is 2. The van der Waals surface area contributed by atoms with Gasteiger partial charge in [-0.15, -0.1) is 0 Å². The topological polar surface area (TPSA) is 108 Å². The summed E-state index contributed by atoms with van der Waals surface area (Å²) in [5, 5.41) is 7.55. The lowest BCUT2D eigenvalue weighted by Gasteiger charge is -2.35. The van der Waals surface area contributed by atoms with E-state index in [1.807, 2.05) is 29.2 Å². The van der Waals surface area contributed by atoms with Crippen LogP contribution in [0.25, 0.3) is 10.9 Å². The maximum Gasteiger partial charge on any atom is 0.250 e. The number of rotatable bonds is 5. The number of piperazine rings is 1. The van der Waals surface area contributed by atoms with Gasteiger partial charge in [0.2, 0.25) is 5.91 Å². The number of aromatic amines is 1. The van der Waals surface area contributed by atoms with Gasteiger partial charge < -0.3 is 15.5 Å². The minimum Gasteiger partial charge on any atom is -0.366 e. The van der Waals surface area contributed by atoms with E-state index < -0.39 is 5.91 Å². The zero-order valence-corrected chi connectivity index (χ0v) is 15.3. The number of H-pyrrole nitrogens is 1. The fourth-order valence-electron chi connectivity index (χ4n) is 3.46. The smallest absolute Gasteiger partial charge is 0.250 e. The van der Waals surface area contributed by atoms with Gasteiger partial charge in [0.25, 0.3) is 5.91 Å². The molecule has 0 spiro atoms.